The summed E-state index contributed by atoms with van der Waals surface area (Å²) in [6, 6.07) is 7.68. The number of aromatic nitrogens is 1. The van der Waals surface area contributed by atoms with Crippen molar-refractivity contribution in [3.63, 3.8) is 0 Å². The molecular formula is C30H41F2N3O4. The summed E-state index contributed by atoms with van der Waals surface area (Å²) in [5, 5.41) is 0. The molecule has 214 valence electrons. The number of aryl methyl sites for hydroxylation is 3. The maximum Gasteiger partial charge on any atom is 0.305 e. The number of primary amides is 1. The minimum Gasteiger partial charge on any atom is -0.469 e. The van der Waals surface area contributed by atoms with Gasteiger partial charge in [-0.2, -0.15) is 0 Å². The molecule has 1 aromatic carbocycles. The minimum absolute atomic E-state index is 0.174. The molecule has 0 spiro atoms. The number of rotatable bonds is 9. The molecule has 0 aliphatic carbocycles. The second-order valence-electron chi connectivity index (χ2n) is 10.7. The zero-order chi connectivity index (χ0) is 29.3. The van der Waals surface area contributed by atoms with Gasteiger partial charge in [0.25, 0.3) is 0 Å². The third-order valence-corrected chi connectivity index (χ3v) is 6.99. The molecule has 1 aliphatic heterocycles. The fourth-order valence-corrected chi connectivity index (χ4v) is 4.83. The highest BCUT2D eigenvalue weighted by molar-refractivity contribution is 5.87. The molecular weight excluding hydrogens is 504 g/mol. The van der Waals surface area contributed by atoms with Crippen LogP contribution in [-0.2, 0) is 25.5 Å². The first-order valence-electron chi connectivity index (χ1n) is 13.3. The van der Waals surface area contributed by atoms with E-state index in [4.69, 9.17) is 5.73 Å². The molecule has 3 rings (SSSR count). The Morgan fingerprint density at radius 2 is 1.85 bits per heavy atom. The quantitative estimate of drug-likeness (QED) is 0.434. The van der Waals surface area contributed by atoms with Crippen LogP contribution in [0.15, 0.2) is 36.7 Å². The summed E-state index contributed by atoms with van der Waals surface area (Å²) < 4.78 is 31.1. The lowest BCUT2D eigenvalue weighted by molar-refractivity contribution is -0.149. The second-order valence-corrected chi connectivity index (χ2v) is 10.7. The van der Waals surface area contributed by atoms with Crippen LogP contribution < -0.4 is 5.73 Å². The molecule has 0 bridgehead atoms. The van der Waals surface area contributed by atoms with E-state index in [2.05, 4.69) is 47.8 Å². The molecule has 39 heavy (non-hydrogen) atoms. The number of piperidine rings is 1. The van der Waals surface area contributed by atoms with E-state index in [1.807, 2.05) is 20.0 Å². The van der Waals surface area contributed by atoms with Crippen LogP contribution in [0, 0.1) is 25.7 Å². The van der Waals surface area contributed by atoms with Crippen LogP contribution >= 0.6 is 0 Å². The number of nitrogens with zero attached hydrogens (tertiary/aromatic N) is 2. The summed E-state index contributed by atoms with van der Waals surface area (Å²) in [5.41, 5.74) is 11.2. The third-order valence-electron chi connectivity index (χ3n) is 6.99. The van der Waals surface area contributed by atoms with E-state index in [9.17, 15) is 23.2 Å². The number of hydrogen-bond donors (Lipinski definition) is 1. The molecule has 2 atom stereocenters. The highest BCUT2D eigenvalue weighted by atomic mass is 19.3. The Morgan fingerprint density at radius 3 is 2.36 bits per heavy atom. The van der Waals surface area contributed by atoms with Crippen LogP contribution in [0.25, 0.3) is 11.1 Å². The molecule has 0 saturated carbocycles. The Bertz CT molecular complexity index is 1130. The number of esters is 1. The lowest BCUT2D eigenvalue weighted by atomic mass is 9.89. The second kappa shape index (κ2) is 14.1. The fraction of sp³-hybridized carbons (Fsp3) is 0.533. The molecule has 1 aliphatic rings. The van der Waals surface area contributed by atoms with Crippen molar-refractivity contribution in [2.24, 2.45) is 17.6 Å². The van der Waals surface area contributed by atoms with Gasteiger partial charge in [0.1, 0.15) is 6.04 Å². The predicted molar refractivity (Wildman–Crippen MR) is 147 cm³/mol. The van der Waals surface area contributed by atoms with Crippen molar-refractivity contribution in [1.82, 2.24) is 9.88 Å². The summed E-state index contributed by atoms with van der Waals surface area (Å²) in [7, 11) is 1.41. The number of benzene rings is 1. The summed E-state index contributed by atoms with van der Waals surface area (Å²) in [5.74, 6) is -4.75. The maximum absolute atomic E-state index is 13.2. The number of carbonyl (C=O) groups is 3. The van der Waals surface area contributed by atoms with Crippen LogP contribution in [0.5, 0.6) is 0 Å². The van der Waals surface area contributed by atoms with Gasteiger partial charge in [-0.25, -0.2) is 8.78 Å². The zero-order valence-corrected chi connectivity index (χ0v) is 23.8. The highest BCUT2D eigenvalue weighted by Gasteiger charge is 2.42. The number of halogens is 2. The van der Waals surface area contributed by atoms with E-state index in [-0.39, 0.29) is 31.3 Å². The average molecular weight is 546 g/mol. The fourth-order valence-electron chi connectivity index (χ4n) is 4.83. The molecule has 7 nitrogen and oxygen atoms in total. The molecule has 2 aromatic rings. The number of nitrogens with two attached hydrogens (primary N) is 1. The number of hydrogen-bond acceptors (Lipinski definition) is 5. The third kappa shape index (κ3) is 9.41. The number of methoxy groups -OCH3 is 1. The van der Waals surface area contributed by atoms with Crippen LogP contribution in [-0.4, -0.2) is 53.3 Å². The molecule has 2 amide bonds. The number of pyridine rings is 1. The SMILES string of the molecule is CC(C)CC(C(N)=O)N1CCC(C(C)(F)F)CC1=O.COC(=O)CCc1cncc(-c2c(C)cccc2C)c1. The van der Waals surface area contributed by atoms with Gasteiger partial charge in [-0.1, -0.05) is 32.0 Å². The lowest BCUT2D eigenvalue weighted by Crippen LogP contribution is -2.53. The van der Waals surface area contributed by atoms with Gasteiger partial charge in [0.05, 0.1) is 7.11 Å². The van der Waals surface area contributed by atoms with Crippen molar-refractivity contribution in [2.45, 2.75) is 78.7 Å². The lowest BCUT2D eigenvalue weighted by Gasteiger charge is -2.38. The largest absolute Gasteiger partial charge is 0.469 e. The zero-order valence-electron chi connectivity index (χ0n) is 23.8. The van der Waals surface area contributed by atoms with E-state index in [0.29, 0.717) is 19.3 Å². The number of carbonyl (C=O) groups excluding carboxylic acids is 3. The van der Waals surface area contributed by atoms with Gasteiger partial charge in [-0.05, 0) is 74.3 Å². The molecule has 2 N–H and O–H groups in total. The Labute approximate surface area is 230 Å². The first-order chi connectivity index (χ1) is 18.2. The monoisotopic (exact) mass is 545 g/mol. The van der Waals surface area contributed by atoms with Crippen LogP contribution in [0.1, 0.15) is 63.1 Å². The van der Waals surface area contributed by atoms with Gasteiger partial charge >= 0.3 is 5.97 Å². The van der Waals surface area contributed by atoms with Crippen LogP contribution in [0.4, 0.5) is 8.78 Å². The predicted octanol–water partition coefficient (Wildman–Crippen LogP) is 5.25. The molecule has 1 fully saturated rings. The average Bonchev–Trinajstić information content (AvgIpc) is 2.86. The number of amides is 2. The van der Waals surface area contributed by atoms with E-state index in [1.165, 1.54) is 28.7 Å². The van der Waals surface area contributed by atoms with Gasteiger partial charge in [-0.3, -0.25) is 19.4 Å². The van der Waals surface area contributed by atoms with Crippen molar-refractivity contribution in [3.05, 3.63) is 53.3 Å². The first-order valence-corrected chi connectivity index (χ1v) is 13.3. The topological polar surface area (TPSA) is 103 Å². The molecule has 1 saturated heterocycles. The standard InChI is InChI=1S/C17H19NO2.C13H22F2N2O2/c1-12-5-4-6-13(2)17(12)15-9-14(10-18-11-15)7-8-16(19)20-3;1-8(2)6-10(12(16)19)17-5-4-9(7-11(17)18)13(3,14)15/h4-6,9-11H,7-8H2,1-3H3;8-10H,4-7H2,1-3H3,(H2,16,19). The van der Waals surface area contributed by atoms with Gasteiger partial charge in [0.15, 0.2) is 0 Å². The molecule has 2 unspecified atom stereocenters. The smallest absolute Gasteiger partial charge is 0.305 e. The van der Waals surface area contributed by atoms with Gasteiger partial charge in [0, 0.05) is 43.3 Å². The highest BCUT2D eigenvalue weighted by Crippen LogP contribution is 2.34. The van der Waals surface area contributed by atoms with Gasteiger partial charge in [0.2, 0.25) is 17.7 Å². The summed E-state index contributed by atoms with van der Waals surface area (Å²) in [4.78, 5) is 40.3. The van der Waals surface area contributed by atoms with E-state index >= 15 is 0 Å². The van der Waals surface area contributed by atoms with Crippen molar-refractivity contribution >= 4 is 17.8 Å². The molecule has 0 radical (unpaired) electrons. The molecule has 2 heterocycles. The number of alkyl halides is 2. The van der Waals surface area contributed by atoms with Crippen LogP contribution in [0.3, 0.4) is 0 Å². The van der Waals surface area contributed by atoms with Crippen molar-refractivity contribution in [1.29, 1.82) is 0 Å². The summed E-state index contributed by atoms with van der Waals surface area (Å²) in [6.45, 7) is 9.06. The molecule has 9 heteroatoms. The Morgan fingerprint density at radius 1 is 1.21 bits per heavy atom. The van der Waals surface area contributed by atoms with Crippen LogP contribution in [0.2, 0.25) is 0 Å². The summed E-state index contributed by atoms with van der Waals surface area (Å²) in [6.07, 6.45) is 5.17. The van der Waals surface area contributed by atoms with Gasteiger partial charge < -0.3 is 15.4 Å². The van der Waals surface area contributed by atoms with Crippen molar-refractivity contribution in [2.75, 3.05) is 13.7 Å². The van der Waals surface area contributed by atoms with E-state index < -0.39 is 29.7 Å². The molecule has 1 aromatic heterocycles. The maximum atomic E-state index is 13.2. The minimum atomic E-state index is -2.86. The Hall–Kier alpha value is -3.36. The number of likely N-dealkylation sites (tertiary alicyclic amines) is 1. The summed E-state index contributed by atoms with van der Waals surface area (Å²) >= 11 is 0. The van der Waals surface area contributed by atoms with Crippen molar-refractivity contribution in [3.8, 4) is 11.1 Å². The van der Waals surface area contributed by atoms with Gasteiger partial charge in [-0.15, -0.1) is 0 Å². The van der Waals surface area contributed by atoms with E-state index in [0.717, 1.165) is 18.1 Å². The Kier molecular flexibility index (Phi) is 11.6. The normalized spacial score (nSPS) is 16.4. The van der Waals surface area contributed by atoms with E-state index in [1.54, 1.807) is 6.20 Å². The van der Waals surface area contributed by atoms with Crippen molar-refractivity contribution < 1.29 is 27.9 Å². The number of ether oxygens (including phenoxy) is 1. The first kappa shape index (κ1) is 31.9. The Balaban J connectivity index is 0.000000274.